The van der Waals surface area contributed by atoms with Crippen molar-refractivity contribution in [3.63, 3.8) is 0 Å². The first kappa shape index (κ1) is 12.1. The molecule has 0 spiro atoms. The molecule has 1 aromatic carbocycles. The molecule has 88 valence electrons. The van der Waals surface area contributed by atoms with Gasteiger partial charge >= 0.3 is 0 Å². The molecule has 0 aliphatic carbocycles. The molecule has 0 atom stereocenters. The largest absolute Gasteiger partial charge is 0.493 e. The van der Waals surface area contributed by atoms with Crippen LogP contribution in [0.3, 0.4) is 0 Å². The van der Waals surface area contributed by atoms with Gasteiger partial charge in [0.05, 0.1) is 14.2 Å². The highest BCUT2D eigenvalue weighted by molar-refractivity contribution is 5.93. The van der Waals surface area contributed by atoms with E-state index in [0.29, 0.717) is 17.5 Å². The molecule has 0 radical (unpaired) electrons. The van der Waals surface area contributed by atoms with Gasteiger partial charge in [-0.25, -0.2) is 5.84 Å². The number of nitrogens with two attached hydrogens (primary N) is 1. The van der Waals surface area contributed by atoms with Crippen molar-refractivity contribution in [3.8, 4) is 11.5 Å². The Kier molecular flexibility index (Phi) is 4.41. The van der Waals surface area contributed by atoms with Crippen molar-refractivity contribution < 1.29 is 9.47 Å². The van der Waals surface area contributed by atoms with Gasteiger partial charge < -0.3 is 14.8 Å². The number of rotatable bonds is 3. The summed E-state index contributed by atoms with van der Waals surface area (Å²) in [5, 5.41) is 2.98. The smallest absolute Gasteiger partial charge is 0.209 e. The summed E-state index contributed by atoms with van der Waals surface area (Å²) in [4.78, 5) is 3.90. The van der Waals surface area contributed by atoms with Gasteiger partial charge in [-0.3, -0.25) is 10.4 Å². The first-order chi connectivity index (χ1) is 7.74. The molecule has 0 bridgehead atoms. The molecule has 6 nitrogen and oxygen atoms in total. The summed E-state index contributed by atoms with van der Waals surface area (Å²) < 4.78 is 10.3. The fraction of sp³-hybridized carbons (Fsp3) is 0.300. The van der Waals surface area contributed by atoms with Crippen LogP contribution in [-0.4, -0.2) is 27.2 Å². The third-order valence-corrected chi connectivity index (χ3v) is 2.01. The zero-order valence-electron chi connectivity index (χ0n) is 9.57. The number of methoxy groups -OCH3 is 2. The molecule has 0 aromatic heterocycles. The van der Waals surface area contributed by atoms with Gasteiger partial charge in [0.25, 0.3) is 0 Å². The van der Waals surface area contributed by atoms with Gasteiger partial charge in [0.15, 0.2) is 11.5 Å². The molecule has 4 N–H and O–H groups in total. The fourth-order valence-electron chi connectivity index (χ4n) is 1.21. The lowest BCUT2D eigenvalue weighted by atomic mass is 10.3. The number of hydrogen-bond acceptors (Lipinski definition) is 4. The number of benzene rings is 1. The van der Waals surface area contributed by atoms with Crippen molar-refractivity contribution in [2.75, 3.05) is 26.6 Å². The van der Waals surface area contributed by atoms with Crippen molar-refractivity contribution in [1.82, 2.24) is 5.43 Å². The molecule has 16 heavy (non-hydrogen) atoms. The van der Waals surface area contributed by atoms with Crippen LogP contribution < -0.4 is 26.1 Å². The number of nitrogens with one attached hydrogen (secondary N) is 2. The SMILES string of the molecule is CN=C(NN)Nc1ccc(OC)c(OC)c1. The second-order valence-electron chi connectivity index (χ2n) is 2.91. The van der Waals surface area contributed by atoms with Crippen molar-refractivity contribution in [1.29, 1.82) is 0 Å². The van der Waals surface area contributed by atoms with E-state index in [1.54, 1.807) is 33.4 Å². The van der Waals surface area contributed by atoms with Gasteiger partial charge in [0, 0.05) is 18.8 Å². The molecule has 0 saturated carbocycles. The minimum absolute atomic E-state index is 0.465. The van der Waals surface area contributed by atoms with E-state index in [4.69, 9.17) is 15.3 Å². The summed E-state index contributed by atoms with van der Waals surface area (Å²) in [6, 6.07) is 5.43. The average Bonchev–Trinajstić information content (AvgIpc) is 2.35. The monoisotopic (exact) mass is 224 g/mol. The number of guanidine groups is 1. The number of nitrogens with zero attached hydrogens (tertiary/aromatic N) is 1. The van der Waals surface area contributed by atoms with E-state index in [0.717, 1.165) is 5.69 Å². The van der Waals surface area contributed by atoms with Gasteiger partial charge in [0.2, 0.25) is 5.96 Å². The lowest BCUT2D eigenvalue weighted by Gasteiger charge is -2.11. The van der Waals surface area contributed by atoms with E-state index in [1.165, 1.54) is 0 Å². The zero-order valence-corrected chi connectivity index (χ0v) is 9.57. The Balaban J connectivity index is 2.90. The summed E-state index contributed by atoms with van der Waals surface area (Å²) in [7, 11) is 4.80. The van der Waals surface area contributed by atoms with Crippen molar-refractivity contribution >= 4 is 11.6 Å². The van der Waals surface area contributed by atoms with Gasteiger partial charge in [-0.05, 0) is 12.1 Å². The van der Waals surface area contributed by atoms with E-state index in [2.05, 4.69) is 15.7 Å². The van der Waals surface area contributed by atoms with E-state index >= 15 is 0 Å². The van der Waals surface area contributed by atoms with E-state index < -0.39 is 0 Å². The van der Waals surface area contributed by atoms with Crippen LogP contribution in [0.2, 0.25) is 0 Å². The van der Waals surface area contributed by atoms with Crippen LogP contribution in [0.5, 0.6) is 11.5 Å². The Hall–Kier alpha value is -1.95. The van der Waals surface area contributed by atoms with Crippen LogP contribution in [0.4, 0.5) is 5.69 Å². The Labute approximate surface area is 94.4 Å². The minimum Gasteiger partial charge on any atom is -0.493 e. The summed E-state index contributed by atoms with van der Waals surface area (Å²) in [6.07, 6.45) is 0. The lowest BCUT2D eigenvalue weighted by molar-refractivity contribution is 0.355. The van der Waals surface area contributed by atoms with Crippen LogP contribution >= 0.6 is 0 Å². The summed E-state index contributed by atoms with van der Waals surface area (Å²) >= 11 is 0. The number of anilines is 1. The molecule has 0 aliphatic heterocycles. The second-order valence-corrected chi connectivity index (χ2v) is 2.91. The molecule has 1 aromatic rings. The lowest BCUT2D eigenvalue weighted by Crippen LogP contribution is -2.36. The minimum atomic E-state index is 0.465. The third kappa shape index (κ3) is 2.77. The molecule has 0 aliphatic rings. The molecule has 6 heteroatoms. The van der Waals surface area contributed by atoms with Gasteiger partial charge in [-0.15, -0.1) is 0 Å². The average molecular weight is 224 g/mol. The molecule has 0 fully saturated rings. The van der Waals surface area contributed by atoms with E-state index in [9.17, 15) is 0 Å². The maximum Gasteiger partial charge on any atom is 0.209 e. The number of hydrazine groups is 1. The second kappa shape index (κ2) is 5.82. The van der Waals surface area contributed by atoms with Gasteiger partial charge in [-0.1, -0.05) is 0 Å². The normalized spacial score (nSPS) is 10.9. The van der Waals surface area contributed by atoms with Crippen LogP contribution in [0.15, 0.2) is 23.2 Å². The summed E-state index contributed by atoms with van der Waals surface area (Å²) in [5.74, 6) is 7.03. The standard InChI is InChI=1S/C10H16N4O2/c1-12-10(14-11)13-7-4-5-8(15-2)9(6-7)16-3/h4-6H,11H2,1-3H3,(H2,12,13,14). The Morgan fingerprint density at radius 2 is 1.94 bits per heavy atom. The molecular weight excluding hydrogens is 208 g/mol. The highest BCUT2D eigenvalue weighted by atomic mass is 16.5. The summed E-state index contributed by atoms with van der Waals surface area (Å²) in [5.41, 5.74) is 3.24. The van der Waals surface area contributed by atoms with Gasteiger partial charge in [0.1, 0.15) is 0 Å². The fourth-order valence-corrected chi connectivity index (χ4v) is 1.21. The highest BCUT2D eigenvalue weighted by Gasteiger charge is 2.05. The van der Waals surface area contributed by atoms with E-state index in [-0.39, 0.29) is 0 Å². The molecule has 0 unspecified atom stereocenters. The predicted octanol–water partition coefficient (Wildman–Crippen LogP) is 0.565. The molecule has 1 rings (SSSR count). The van der Waals surface area contributed by atoms with Crippen molar-refractivity contribution in [3.05, 3.63) is 18.2 Å². The first-order valence-electron chi connectivity index (χ1n) is 4.67. The number of ether oxygens (including phenoxy) is 2. The quantitative estimate of drug-likeness (QED) is 0.302. The van der Waals surface area contributed by atoms with Crippen LogP contribution in [0.1, 0.15) is 0 Å². The Morgan fingerprint density at radius 1 is 1.25 bits per heavy atom. The molecule has 0 heterocycles. The van der Waals surface area contributed by atoms with Crippen LogP contribution in [0.25, 0.3) is 0 Å². The van der Waals surface area contributed by atoms with E-state index in [1.807, 2.05) is 6.07 Å². The predicted molar refractivity (Wildman–Crippen MR) is 63.9 cm³/mol. The highest BCUT2D eigenvalue weighted by Crippen LogP contribution is 2.29. The first-order valence-corrected chi connectivity index (χ1v) is 4.67. The van der Waals surface area contributed by atoms with Crippen LogP contribution in [0, 0.1) is 0 Å². The topological polar surface area (TPSA) is 80.9 Å². The number of hydrogen-bond donors (Lipinski definition) is 3. The number of aliphatic imine (C=N–C) groups is 1. The molecule has 0 saturated heterocycles. The Bertz CT molecular complexity index is 379. The van der Waals surface area contributed by atoms with Crippen molar-refractivity contribution in [2.24, 2.45) is 10.8 Å². The molecular formula is C10H16N4O2. The van der Waals surface area contributed by atoms with Gasteiger partial charge in [-0.2, -0.15) is 0 Å². The Morgan fingerprint density at radius 3 is 2.44 bits per heavy atom. The zero-order chi connectivity index (χ0) is 12.0. The molecule has 0 amide bonds. The summed E-state index contributed by atoms with van der Waals surface area (Å²) in [6.45, 7) is 0. The van der Waals surface area contributed by atoms with Crippen LogP contribution in [-0.2, 0) is 0 Å². The maximum atomic E-state index is 5.26. The third-order valence-electron chi connectivity index (χ3n) is 2.01. The van der Waals surface area contributed by atoms with Crippen molar-refractivity contribution in [2.45, 2.75) is 0 Å². The maximum absolute atomic E-state index is 5.26.